The van der Waals surface area contributed by atoms with Crippen molar-refractivity contribution in [2.75, 3.05) is 20.3 Å². The van der Waals surface area contributed by atoms with Crippen molar-refractivity contribution >= 4 is 5.97 Å². The average molecular weight is 238 g/mol. The number of aliphatic carboxylic acids is 1. The Hall–Kier alpha value is -1.55. The minimum atomic E-state index is -0.782. The molecule has 0 aliphatic rings. The van der Waals surface area contributed by atoms with E-state index in [4.69, 9.17) is 14.6 Å². The second kappa shape index (κ2) is 6.91. The highest BCUT2D eigenvalue weighted by Crippen LogP contribution is 2.16. The van der Waals surface area contributed by atoms with Crippen molar-refractivity contribution in [3.05, 3.63) is 29.8 Å². The topological polar surface area (TPSA) is 55.8 Å². The summed E-state index contributed by atoms with van der Waals surface area (Å²) in [6.07, 6.45) is 0.511. The molecule has 0 bridgehead atoms. The molecule has 94 valence electrons. The molecule has 0 saturated heterocycles. The zero-order valence-corrected chi connectivity index (χ0v) is 10.2. The van der Waals surface area contributed by atoms with Gasteiger partial charge in [-0.25, -0.2) is 0 Å². The van der Waals surface area contributed by atoms with Gasteiger partial charge >= 0.3 is 5.97 Å². The first kappa shape index (κ1) is 13.5. The molecule has 1 atom stereocenters. The summed E-state index contributed by atoms with van der Waals surface area (Å²) >= 11 is 0. The average Bonchev–Trinajstić information content (AvgIpc) is 2.30. The Bertz CT molecular complexity index is 362. The molecule has 0 heterocycles. The third kappa shape index (κ3) is 4.87. The molecule has 1 aromatic rings. The van der Waals surface area contributed by atoms with Gasteiger partial charge in [0, 0.05) is 7.11 Å². The molecular formula is C13H18O4. The van der Waals surface area contributed by atoms with Gasteiger partial charge in [-0.05, 0) is 24.1 Å². The maximum absolute atomic E-state index is 10.8. The smallest absolute Gasteiger partial charge is 0.306 e. The standard InChI is InChI=1S/C13H18O4/c1-10(13(14)15)8-11-4-3-5-12(9-11)17-7-6-16-2/h3-5,9-10H,6-8H2,1-2H3,(H,14,15). The van der Waals surface area contributed by atoms with Crippen molar-refractivity contribution in [2.45, 2.75) is 13.3 Å². The van der Waals surface area contributed by atoms with Crippen LogP contribution in [0.2, 0.25) is 0 Å². The molecule has 1 N–H and O–H groups in total. The lowest BCUT2D eigenvalue weighted by molar-refractivity contribution is -0.141. The maximum Gasteiger partial charge on any atom is 0.306 e. The van der Waals surface area contributed by atoms with E-state index in [2.05, 4.69) is 0 Å². The van der Waals surface area contributed by atoms with Crippen LogP contribution in [-0.4, -0.2) is 31.4 Å². The molecule has 4 heteroatoms. The van der Waals surface area contributed by atoms with Crippen molar-refractivity contribution in [2.24, 2.45) is 5.92 Å². The lowest BCUT2D eigenvalue weighted by Gasteiger charge is -2.09. The summed E-state index contributed by atoms with van der Waals surface area (Å²) in [4.78, 5) is 10.8. The van der Waals surface area contributed by atoms with Gasteiger partial charge in [-0.1, -0.05) is 19.1 Å². The van der Waals surface area contributed by atoms with Crippen LogP contribution in [0.5, 0.6) is 5.75 Å². The van der Waals surface area contributed by atoms with Gasteiger partial charge in [0.2, 0.25) is 0 Å². The van der Waals surface area contributed by atoms with E-state index >= 15 is 0 Å². The summed E-state index contributed by atoms with van der Waals surface area (Å²) in [5.41, 5.74) is 0.967. The van der Waals surface area contributed by atoms with E-state index in [-0.39, 0.29) is 5.92 Å². The minimum absolute atomic E-state index is 0.385. The number of ether oxygens (including phenoxy) is 2. The summed E-state index contributed by atoms with van der Waals surface area (Å²) in [5, 5.41) is 8.84. The predicted molar refractivity (Wildman–Crippen MR) is 64.3 cm³/mol. The number of rotatable bonds is 7. The predicted octanol–water partition coefficient (Wildman–Crippen LogP) is 1.98. The molecule has 0 spiro atoms. The van der Waals surface area contributed by atoms with Crippen molar-refractivity contribution in [1.29, 1.82) is 0 Å². The molecule has 0 aliphatic heterocycles. The highest BCUT2D eigenvalue weighted by Gasteiger charge is 2.11. The minimum Gasteiger partial charge on any atom is -0.491 e. The zero-order chi connectivity index (χ0) is 12.7. The van der Waals surface area contributed by atoms with E-state index in [0.717, 1.165) is 11.3 Å². The number of methoxy groups -OCH3 is 1. The van der Waals surface area contributed by atoms with Crippen LogP contribution >= 0.6 is 0 Å². The fourth-order valence-electron chi connectivity index (χ4n) is 1.45. The summed E-state index contributed by atoms with van der Waals surface area (Å²) in [7, 11) is 1.62. The lowest BCUT2D eigenvalue weighted by Crippen LogP contribution is -2.12. The second-order valence-corrected chi connectivity index (χ2v) is 3.93. The lowest BCUT2D eigenvalue weighted by atomic mass is 10.0. The SMILES string of the molecule is COCCOc1cccc(CC(C)C(=O)O)c1. The highest BCUT2D eigenvalue weighted by atomic mass is 16.5. The molecule has 0 fully saturated rings. The third-order valence-corrected chi connectivity index (χ3v) is 2.42. The Morgan fingerprint density at radius 1 is 1.41 bits per heavy atom. The highest BCUT2D eigenvalue weighted by molar-refractivity contribution is 5.69. The molecule has 1 unspecified atom stereocenters. The van der Waals surface area contributed by atoms with Crippen LogP contribution in [0.4, 0.5) is 0 Å². The fraction of sp³-hybridized carbons (Fsp3) is 0.462. The third-order valence-electron chi connectivity index (χ3n) is 2.42. The normalized spacial score (nSPS) is 12.1. The van der Waals surface area contributed by atoms with E-state index in [0.29, 0.717) is 19.6 Å². The van der Waals surface area contributed by atoms with E-state index in [1.54, 1.807) is 14.0 Å². The summed E-state index contributed by atoms with van der Waals surface area (Å²) in [5.74, 6) is -0.419. The molecule has 0 radical (unpaired) electrons. The zero-order valence-electron chi connectivity index (χ0n) is 10.2. The summed E-state index contributed by atoms with van der Waals surface area (Å²) in [6.45, 7) is 2.73. The van der Waals surface area contributed by atoms with E-state index in [1.165, 1.54) is 0 Å². The molecule has 1 aromatic carbocycles. The van der Waals surface area contributed by atoms with Crippen molar-refractivity contribution in [3.63, 3.8) is 0 Å². The van der Waals surface area contributed by atoms with E-state index < -0.39 is 5.97 Å². The van der Waals surface area contributed by atoms with Gasteiger partial charge in [0.25, 0.3) is 0 Å². The first-order valence-electron chi connectivity index (χ1n) is 5.57. The number of carboxylic acids is 1. The number of benzene rings is 1. The Morgan fingerprint density at radius 2 is 2.18 bits per heavy atom. The monoisotopic (exact) mass is 238 g/mol. The fourth-order valence-corrected chi connectivity index (χ4v) is 1.45. The van der Waals surface area contributed by atoms with Crippen LogP contribution in [0.25, 0.3) is 0 Å². The largest absolute Gasteiger partial charge is 0.491 e. The molecule has 0 amide bonds. The molecule has 17 heavy (non-hydrogen) atoms. The number of carbonyl (C=O) groups is 1. The van der Waals surface area contributed by atoms with Crippen LogP contribution in [0, 0.1) is 5.92 Å². The first-order valence-corrected chi connectivity index (χ1v) is 5.57. The summed E-state index contributed by atoms with van der Waals surface area (Å²) in [6, 6.07) is 7.49. The number of hydrogen-bond acceptors (Lipinski definition) is 3. The van der Waals surface area contributed by atoms with Crippen molar-refractivity contribution < 1.29 is 19.4 Å². The molecule has 1 rings (SSSR count). The Morgan fingerprint density at radius 3 is 2.82 bits per heavy atom. The van der Waals surface area contributed by atoms with E-state index in [1.807, 2.05) is 24.3 Å². The van der Waals surface area contributed by atoms with Gasteiger partial charge in [-0.2, -0.15) is 0 Å². The first-order chi connectivity index (χ1) is 8.13. The molecule has 0 aliphatic carbocycles. The number of carboxylic acid groups (broad SMARTS) is 1. The van der Waals surface area contributed by atoms with Crippen LogP contribution in [0.1, 0.15) is 12.5 Å². The van der Waals surface area contributed by atoms with E-state index in [9.17, 15) is 4.79 Å². The Balaban J connectivity index is 2.56. The Labute approximate surface area is 101 Å². The van der Waals surface area contributed by atoms with Gasteiger partial charge in [0.05, 0.1) is 12.5 Å². The van der Waals surface area contributed by atoms with Gasteiger partial charge < -0.3 is 14.6 Å². The van der Waals surface area contributed by atoms with Gasteiger partial charge in [-0.3, -0.25) is 4.79 Å². The summed E-state index contributed by atoms with van der Waals surface area (Å²) < 4.78 is 10.3. The van der Waals surface area contributed by atoms with Crippen molar-refractivity contribution in [1.82, 2.24) is 0 Å². The van der Waals surface area contributed by atoms with Crippen LogP contribution in [0.15, 0.2) is 24.3 Å². The molecular weight excluding hydrogens is 220 g/mol. The van der Waals surface area contributed by atoms with Crippen LogP contribution in [-0.2, 0) is 16.0 Å². The number of hydrogen-bond donors (Lipinski definition) is 1. The van der Waals surface area contributed by atoms with Crippen molar-refractivity contribution in [3.8, 4) is 5.75 Å². The second-order valence-electron chi connectivity index (χ2n) is 3.93. The van der Waals surface area contributed by atoms with Gasteiger partial charge in [0.15, 0.2) is 0 Å². The van der Waals surface area contributed by atoms with Gasteiger partial charge in [-0.15, -0.1) is 0 Å². The Kier molecular flexibility index (Phi) is 5.49. The molecule has 4 nitrogen and oxygen atoms in total. The van der Waals surface area contributed by atoms with Gasteiger partial charge in [0.1, 0.15) is 12.4 Å². The quantitative estimate of drug-likeness (QED) is 0.738. The van der Waals surface area contributed by atoms with Crippen LogP contribution in [0.3, 0.4) is 0 Å². The molecule has 0 saturated carbocycles. The maximum atomic E-state index is 10.8. The van der Waals surface area contributed by atoms with Crippen LogP contribution < -0.4 is 4.74 Å². The molecule has 0 aromatic heterocycles.